The Morgan fingerprint density at radius 3 is 2.64 bits per heavy atom. The molecule has 0 unspecified atom stereocenters. The Hall–Kier alpha value is -2.93. The topological polar surface area (TPSA) is 96.7 Å². The van der Waals surface area contributed by atoms with Gasteiger partial charge in [0.15, 0.2) is 0 Å². The second kappa shape index (κ2) is 8.84. The number of nitrogens with one attached hydrogen (secondary N) is 1. The van der Waals surface area contributed by atoms with E-state index in [9.17, 15) is 14.4 Å². The van der Waals surface area contributed by atoms with Crippen LogP contribution in [0.15, 0.2) is 48.5 Å². The molecule has 0 aliphatic carbocycles. The van der Waals surface area contributed by atoms with Gasteiger partial charge in [0, 0.05) is 10.1 Å². The number of benzene rings is 2. The second-order valence-electron chi connectivity index (χ2n) is 6.05. The van der Waals surface area contributed by atoms with Crippen molar-refractivity contribution in [3.63, 3.8) is 0 Å². The van der Waals surface area contributed by atoms with Gasteiger partial charge in [-0.3, -0.25) is 4.79 Å². The molecule has 0 bridgehead atoms. The molecule has 142 valence electrons. The molecule has 1 heterocycles. The van der Waals surface area contributed by atoms with Gasteiger partial charge in [0.05, 0.1) is 16.9 Å². The normalized spacial score (nSPS) is 10.5. The number of hydrogen-bond acceptors (Lipinski definition) is 4. The molecule has 0 saturated heterocycles. The lowest BCUT2D eigenvalue weighted by molar-refractivity contribution is 0.0952. The Labute approximate surface area is 175 Å². The van der Waals surface area contributed by atoms with Gasteiger partial charge in [-0.1, -0.05) is 12.1 Å². The first-order valence-electron chi connectivity index (χ1n) is 8.57. The van der Waals surface area contributed by atoms with E-state index >= 15 is 0 Å². The van der Waals surface area contributed by atoms with Crippen LogP contribution in [0.5, 0.6) is 0 Å². The van der Waals surface area contributed by atoms with Crippen LogP contribution in [-0.4, -0.2) is 22.2 Å². The zero-order valence-electron chi connectivity index (χ0n) is 14.8. The van der Waals surface area contributed by atoms with Crippen molar-refractivity contribution >= 4 is 34.3 Å². The number of nitrogens with zero attached hydrogens (tertiary/aromatic N) is 3. The number of aromatic nitrogens is 2. The molecule has 3 aromatic rings. The molecule has 8 heteroatoms. The van der Waals surface area contributed by atoms with Crippen LogP contribution in [0.1, 0.15) is 28.0 Å². The molecule has 1 amide bonds. The van der Waals surface area contributed by atoms with Crippen LogP contribution in [0.3, 0.4) is 0 Å². The number of aryl methyl sites for hydroxylation is 1. The number of hydrogen-bond donors (Lipinski definition) is 2. The molecular formula is C20H17FIN5O. The number of carbonyl (C=O) groups excluding carboxylic acids is 1. The third kappa shape index (κ3) is 4.31. The molecule has 1 aromatic heterocycles. The molecule has 3 rings (SSSR count). The van der Waals surface area contributed by atoms with Crippen LogP contribution in [0.25, 0.3) is 5.69 Å². The van der Waals surface area contributed by atoms with E-state index in [1.165, 1.54) is 16.8 Å². The van der Waals surface area contributed by atoms with E-state index in [4.69, 9.17) is 5.73 Å². The number of anilines is 1. The van der Waals surface area contributed by atoms with Crippen LogP contribution >= 0.6 is 22.6 Å². The Balaban J connectivity index is 1.65. The number of nitrogens with two attached hydrogens (primary N) is 1. The lowest BCUT2D eigenvalue weighted by atomic mass is 10.1. The highest BCUT2D eigenvalue weighted by atomic mass is 127. The maximum Gasteiger partial charge on any atom is 0.252 e. The number of nitrogen functional groups attached to an aromatic ring is 1. The van der Waals surface area contributed by atoms with Gasteiger partial charge in [0.1, 0.15) is 23.3 Å². The lowest BCUT2D eigenvalue weighted by Gasteiger charge is -2.06. The Kier molecular flexibility index (Phi) is 6.26. The Morgan fingerprint density at radius 1 is 1.25 bits per heavy atom. The summed E-state index contributed by atoms with van der Waals surface area (Å²) in [5.74, 6) is -0.284. The van der Waals surface area contributed by atoms with Crippen molar-refractivity contribution < 1.29 is 9.18 Å². The first-order chi connectivity index (χ1) is 13.5. The highest BCUT2D eigenvalue weighted by molar-refractivity contribution is 14.1. The summed E-state index contributed by atoms with van der Waals surface area (Å²) in [6.07, 6.45) is 1.08. The molecule has 3 N–H and O–H groups in total. The maximum atomic E-state index is 13.1. The van der Waals surface area contributed by atoms with E-state index in [2.05, 4.69) is 39.1 Å². The third-order valence-electron chi connectivity index (χ3n) is 4.17. The van der Waals surface area contributed by atoms with Crippen molar-refractivity contribution in [3.8, 4) is 11.8 Å². The summed E-state index contributed by atoms with van der Waals surface area (Å²) in [6, 6.07) is 15.1. The van der Waals surface area contributed by atoms with Crippen molar-refractivity contribution in [2.75, 3.05) is 12.3 Å². The first kappa shape index (κ1) is 19.8. The summed E-state index contributed by atoms with van der Waals surface area (Å²) >= 11 is 2.12. The maximum absolute atomic E-state index is 13.1. The van der Waals surface area contributed by atoms with E-state index in [0.717, 1.165) is 3.57 Å². The van der Waals surface area contributed by atoms with Crippen molar-refractivity contribution in [3.05, 3.63) is 74.7 Å². The molecule has 0 saturated carbocycles. The zero-order chi connectivity index (χ0) is 20.1. The summed E-state index contributed by atoms with van der Waals surface area (Å²) in [5, 5.41) is 16.7. The van der Waals surface area contributed by atoms with Gasteiger partial charge in [-0.25, -0.2) is 9.07 Å². The van der Waals surface area contributed by atoms with Crippen LogP contribution in [0.2, 0.25) is 0 Å². The van der Waals surface area contributed by atoms with Gasteiger partial charge in [-0.05, 0) is 71.8 Å². The van der Waals surface area contributed by atoms with Gasteiger partial charge < -0.3 is 11.1 Å². The van der Waals surface area contributed by atoms with E-state index < -0.39 is 0 Å². The van der Waals surface area contributed by atoms with Gasteiger partial charge in [0.2, 0.25) is 0 Å². The van der Waals surface area contributed by atoms with Crippen molar-refractivity contribution in [2.24, 2.45) is 0 Å². The number of halogens is 2. The summed E-state index contributed by atoms with van der Waals surface area (Å²) < 4.78 is 15.4. The van der Waals surface area contributed by atoms with Crippen LogP contribution in [0, 0.1) is 20.7 Å². The summed E-state index contributed by atoms with van der Waals surface area (Å²) in [5.41, 5.74) is 8.10. The Bertz CT molecular complexity index is 1040. The fraction of sp³-hybridized carbons (Fsp3) is 0.150. The average Bonchev–Trinajstić information content (AvgIpc) is 3.01. The van der Waals surface area contributed by atoms with Crippen LogP contribution in [0.4, 0.5) is 10.2 Å². The quantitative estimate of drug-likeness (QED) is 0.410. The van der Waals surface area contributed by atoms with Crippen molar-refractivity contribution in [1.82, 2.24) is 15.1 Å². The van der Waals surface area contributed by atoms with Gasteiger partial charge in [0.25, 0.3) is 5.91 Å². The molecule has 6 nitrogen and oxygen atoms in total. The summed E-state index contributed by atoms with van der Waals surface area (Å²) in [7, 11) is 0. The second-order valence-corrected chi connectivity index (χ2v) is 7.21. The molecule has 0 spiro atoms. The average molecular weight is 489 g/mol. The highest BCUT2D eigenvalue weighted by Gasteiger charge is 2.16. The number of carbonyl (C=O) groups is 1. The van der Waals surface area contributed by atoms with E-state index in [1.807, 2.05) is 18.2 Å². The van der Waals surface area contributed by atoms with Crippen molar-refractivity contribution in [2.45, 2.75) is 12.8 Å². The Morgan fingerprint density at radius 2 is 1.96 bits per heavy atom. The standard InChI is InChI=1S/C20H17FIN5O/c21-13-7-9-14(10-8-13)27-19(24)16(12-23)18(26-27)6-3-11-25-20(28)15-4-1-2-5-17(15)22/h1-2,4-5,7-10H,3,6,11,24H2,(H,25,28). The molecule has 0 aliphatic heterocycles. The molecule has 0 aliphatic rings. The summed E-state index contributed by atoms with van der Waals surface area (Å²) in [6.45, 7) is 0.442. The molecule has 0 fully saturated rings. The lowest BCUT2D eigenvalue weighted by Crippen LogP contribution is -2.25. The minimum Gasteiger partial charge on any atom is -0.382 e. The number of nitriles is 1. The van der Waals surface area contributed by atoms with Crippen LogP contribution < -0.4 is 11.1 Å². The fourth-order valence-corrected chi connectivity index (χ4v) is 3.38. The molecule has 0 atom stereocenters. The SMILES string of the molecule is N#Cc1c(CCCNC(=O)c2ccccc2I)nn(-c2ccc(F)cc2)c1N. The van der Waals surface area contributed by atoms with Crippen LogP contribution in [-0.2, 0) is 6.42 Å². The predicted octanol–water partition coefficient (Wildman–Crippen LogP) is 3.43. The van der Waals surface area contributed by atoms with Gasteiger partial charge in [-0.15, -0.1) is 0 Å². The fourth-order valence-electron chi connectivity index (χ4n) is 2.75. The van der Waals surface area contributed by atoms with Gasteiger partial charge >= 0.3 is 0 Å². The third-order valence-corrected chi connectivity index (χ3v) is 5.11. The van der Waals surface area contributed by atoms with Crippen molar-refractivity contribution in [1.29, 1.82) is 5.26 Å². The molecule has 0 radical (unpaired) electrons. The molecular weight excluding hydrogens is 472 g/mol. The minimum atomic E-state index is -0.362. The number of amides is 1. The highest BCUT2D eigenvalue weighted by Crippen LogP contribution is 2.21. The monoisotopic (exact) mass is 489 g/mol. The first-order valence-corrected chi connectivity index (χ1v) is 9.65. The molecule has 28 heavy (non-hydrogen) atoms. The predicted molar refractivity (Wildman–Crippen MR) is 112 cm³/mol. The largest absolute Gasteiger partial charge is 0.382 e. The summed E-state index contributed by atoms with van der Waals surface area (Å²) in [4.78, 5) is 12.2. The van der Waals surface area contributed by atoms with E-state index in [-0.39, 0.29) is 17.5 Å². The van der Waals surface area contributed by atoms with Gasteiger partial charge in [-0.2, -0.15) is 10.4 Å². The minimum absolute atomic E-state index is 0.137. The smallest absolute Gasteiger partial charge is 0.252 e. The molecule has 2 aromatic carbocycles. The number of rotatable bonds is 6. The zero-order valence-corrected chi connectivity index (χ0v) is 17.0. The van der Waals surface area contributed by atoms with E-state index in [1.54, 1.807) is 18.2 Å². The van der Waals surface area contributed by atoms with E-state index in [0.29, 0.717) is 41.9 Å².